The monoisotopic (exact) mass is 564 g/mol. The molecule has 1 heterocycles. The largest absolute Gasteiger partial charge is 1.00 e. The van der Waals surface area contributed by atoms with E-state index in [0.29, 0.717) is 6.54 Å². The molecule has 0 spiro atoms. The molecule has 1 amide bonds. The summed E-state index contributed by atoms with van der Waals surface area (Å²) < 4.78 is 0. The quantitative estimate of drug-likeness (QED) is 0.483. The molecular formula is C17H31N2O2RbW. The van der Waals surface area contributed by atoms with E-state index in [0.717, 1.165) is 11.4 Å². The molecule has 23 heavy (non-hydrogen) atoms. The number of hydrogen-bond acceptors (Lipinski definition) is 2. The molecule has 0 fully saturated rings. The molecule has 1 aliphatic heterocycles. The van der Waals surface area contributed by atoms with Gasteiger partial charge >= 0.3 is 58.2 Å². The Morgan fingerprint density at radius 1 is 1.13 bits per heavy atom. The maximum absolute atomic E-state index is 11.8. The first kappa shape index (κ1) is 34.9. The molecule has 4 nitrogen and oxygen atoms in total. The van der Waals surface area contributed by atoms with Crippen molar-refractivity contribution in [2.24, 2.45) is 5.92 Å². The molecule has 1 atom stereocenters. The number of fused-ring (bicyclic) bond motifs is 1. The van der Waals surface area contributed by atoms with Gasteiger partial charge in [-0.15, -0.1) is 12.2 Å². The van der Waals surface area contributed by atoms with Crippen molar-refractivity contribution in [3.05, 3.63) is 29.6 Å². The molecule has 0 aromatic heterocycles. The van der Waals surface area contributed by atoms with Crippen molar-refractivity contribution >= 4 is 24.1 Å². The molecule has 0 bridgehead atoms. The van der Waals surface area contributed by atoms with Crippen molar-refractivity contribution in [3.63, 3.8) is 0 Å². The molecule has 0 aliphatic carbocycles. The van der Waals surface area contributed by atoms with Crippen LogP contribution in [0.2, 0.25) is 0 Å². The summed E-state index contributed by atoms with van der Waals surface area (Å²) in [6.45, 7) is 12.5. The molecule has 128 valence electrons. The molecule has 1 aromatic rings. The zero-order chi connectivity index (χ0) is 16.1. The predicted molar refractivity (Wildman–Crippen MR) is 93.5 cm³/mol. The van der Waals surface area contributed by atoms with E-state index in [1.165, 1.54) is 0 Å². The van der Waals surface area contributed by atoms with E-state index in [-0.39, 0.29) is 98.5 Å². The molecule has 0 N–H and O–H groups in total. The van der Waals surface area contributed by atoms with Gasteiger partial charge in [-0.1, -0.05) is 60.2 Å². The van der Waals surface area contributed by atoms with Crippen molar-refractivity contribution in [1.29, 1.82) is 0 Å². The van der Waals surface area contributed by atoms with Crippen LogP contribution in [0.4, 0.5) is 11.4 Å². The minimum Gasteiger partial charge on any atom is -0.682 e. The van der Waals surface area contributed by atoms with E-state index in [1.807, 2.05) is 65.7 Å². The van der Waals surface area contributed by atoms with E-state index in [4.69, 9.17) is 4.79 Å². The molecule has 2 rings (SSSR count). The summed E-state index contributed by atoms with van der Waals surface area (Å²) in [5.41, 5.74) is 1.81. The Labute approximate surface area is 206 Å². The van der Waals surface area contributed by atoms with Crippen molar-refractivity contribution < 1.29 is 88.8 Å². The number of carbonyl (C=O) groups excluding carboxylic acids is 2. The first-order valence-corrected chi connectivity index (χ1v) is 7.03. The van der Waals surface area contributed by atoms with Crippen molar-refractivity contribution in [1.82, 2.24) is 0 Å². The molecule has 6 heteroatoms. The molecule has 0 radical (unpaired) electrons. The van der Waals surface area contributed by atoms with Gasteiger partial charge in [0.1, 0.15) is 6.79 Å². The van der Waals surface area contributed by atoms with Gasteiger partial charge in [-0.2, -0.15) is 0 Å². The van der Waals surface area contributed by atoms with Crippen LogP contribution < -0.4 is 63.1 Å². The number of hydrogen-bond donors (Lipinski definition) is 0. The van der Waals surface area contributed by atoms with Crippen LogP contribution in [0.25, 0.3) is 5.32 Å². The fraction of sp³-hybridized carbons (Fsp3) is 0.529. The normalized spacial score (nSPS) is 13.6. The van der Waals surface area contributed by atoms with Gasteiger partial charge in [-0.05, 0) is 6.07 Å². The van der Waals surface area contributed by atoms with E-state index >= 15 is 0 Å². The first-order valence-electron chi connectivity index (χ1n) is 7.03. The van der Waals surface area contributed by atoms with E-state index < -0.39 is 0 Å². The van der Waals surface area contributed by atoms with Crippen LogP contribution in [-0.4, -0.2) is 26.3 Å². The van der Waals surface area contributed by atoms with Crippen molar-refractivity contribution in [2.75, 3.05) is 18.5 Å². The van der Waals surface area contributed by atoms with Gasteiger partial charge in [0.25, 0.3) is 0 Å². The Morgan fingerprint density at radius 2 is 1.57 bits per heavy atom. The van der Waals surface area contributed by atoms with Crippen LogP contribution in [0, 0.1) is 5.92 Å². The fourth-order valence-electron chi connectivity index (χ4n) is 1.64. The number of carbonyl (C=O) groups is 2. The van der Waals surface area contributed by atoms with Gasteiger partial charge in [0, 0.05) is 39.7 Å². The summed E-state index contributed by atoms with van der Waals surface area (Å²) in [7, 11) is 1.80. The van der Waals surface area contributed by atoms with Crippen molar-refractivity contribution in [2.45, 2.75) is 42.0 Å². The third-order valence-electron chi connectivity index (χ3n) is 2.53. The van der Waals surface area contributed by atoms with E-state index in [9.17, 15) is 4.79 Å². The van der Waals surface area contributed by atoms with Crippen LogP contribution in [0.5, 0.6) is 0 Å². The fourth-order valence-corrected chi connectivity index (χ4v) is 1.64. The average molecular weight is 565 g/mol. The summed E-state index contributed by atoms with van der Waals surface area (Å²) in [4.78, 5) is 21.5. The van der Waals surface area contributed by atoms with Crippen LogP contribution in [0.1, 0.15) is 42.0 Å². The molecular weight excluding hydrogens is 534 g/mol. The Bertz CT molecular complexity index is 393. The van der Waals surface area contributed by atoms with Gasteiger partial charge in [-0.25, -0.2) is 0 Å². The summed E-state index contributed by atoms with van der Waals surface area (Å²) in [5.74, 6) is 0.117. The average Bonchev–Trinajstić information content (AvgIpc) is 2.66. The maximum atomic E-state index is 11.8. The van der Waals surface area contributed by atoms with Gasteiger partial charge in [-0.3, -0.25) is 4.79 Å². The smallest absolute Gasteiger partial charge is 0.682 e. The zero-order valence-electron chi connectivity index (χ0n) is 14.9. The zero-order valence-corrected chi connectivity index (χ0v) is 22.8. The summed E-state index contributed by atoms with van der Waals surface area (Å²) >= 11 is 0. The van der Waals surface area contributed by atoms with Crippen LogP contribution in [-0.2, 0) is 30.7 Å². The maximum Gasteiger partial charge on any atom is 1.00 e. The Morgan fingerprint density at radius 3 is 2.04 bits per heavy atom. The van der Waals surface area contributed by atoms with Crippen LogP contribution >= 0.6 is 0 Å². The third-order valence-corrected chi connectivity index (χ3v) is 2.53. The second kappa shape index (κ2) is 22.7. The van der Waals surface area contributed by atoms with Gasteiger partial charge < -0.3 is 15.0 Å². The Hall–Kier alpha value is 0.654. The van der Waals surface area contributed by atoms with Crippen LogP contribution in [0.15, 0.2) is 24.3 Å². The molecule has 1 aliphatic rings. The number of benzene rings is 1. The number of para-hydroxylation sites is 2. The summed E-state index contributed by atoms with van der Waals surface area (Å²) in [5, 5.41) is 4.41. The number of nitrogens with zero attached hydrogens (tertiary/aromatic N) is 2. The van der Waals surface area contributed by atoms with E-state index in [2.05, 4.69) is 5.32 Å². The molecule has 1 unspecified atom stereocenters. The molecule has 1 aromatic carbocycles. The predicted octanol–water partition coefficient (Wildman–Crippen LogP) is 1.81. The van der Waals surface area contributed by atoms with Gasteiger partial charge in [0.05, 0.1) is 0 Å². The Balaban J connectivity index is -0.000000109. The van der Waals surface area contributed by atoms with Crippen molar-refractivity contribution in [3.8, 4) is 0 Å². The number of amides is 1. The second-order valence-electron chi connectivity index (χ2n) is 3.63. The number of anilines is 1. The first-order chi connectivity index (χ1) is 9.70. The number of rotatable bonds is 0. The van der Waals surface area contributed by atoms with Gasteiger partial charge in [0.2, 0.25) is 5.91 Å². The minimum absolute atomic E-state index is 0. The minimum atomic E-state index is -0.0209. The Kier molecular flexibility index (Phi) is 34.4. The SMILES string of the molecule is C.C=O.CC.CC.CC1C[N-]c2ccccc2N(C)C1=O.[Rb+].[W]. The molecule has 0 saturated carbocycles. The standard InChI is InChI=1S/C11H13N2O.2C2H6.CH2O.CH4.Rb.W/c1-8-7-12-9-5-3-4-6-10(9)13(2)11(8)14;3*1-2;;;/h3-6,8H,7H2,1-2H3;2*1-2H3;1H2;1H4;;/q-1;;;;;+1;. The van der Waals surface area contributed by atoms with E-state index in [1.54, 1.807) is 11.9 Å². The molecule has 0 saturated heterocycles. The van der Waals surface area contributed by atoms with Gasteiger partial charge in [0.15, 0.2) is 0 Å². The summed E-state index contributed by atoms with van der Waals surface area (Å²) in [6.07, 6.45) is 0. The summed E-state index contributed by atoms with van der Waals surface area (Å²) in [6, 6.07) is 7.73. The topological polar surface area (TPSA) is 51.5 Å². The second-order valence-corrected chi connectivity index (χ2v) is 3.63. The third kappa shape index (κ3) is 11.8. The van der Waals surface area contributed by atoms with Crippen LogP contribution in [0.3, 0.4) is 0 Å².